The fourth-order valence-electron chi connectivity index (χ4n) is 3.00. The first kappa shape index (κ1) is 22.5. The second-order valence-corrected chi connectivity index (χ2v) is 7.09. The number of rotatable bonds is 9. The summed E-state index contributed by atoms with van der Waals surface area (Å²) in [5.74, 6) is -0.177. The molecule has 0 bridgehead atoms. The Bertz CT molecular complexity index is 983. The molecule has 0 fully saturated rings. The molecule has 1 heterocycles. The van der Waals surface area contributed by atoms with Crippen LogP contribution < -0.4 is 26.6 Å². The van der Waals surface area contributed by atoms with Crippen LogP contribution in [0.5, 0.6) is 5.75 Å². The summed E-state index contributed by atoms with van der Waals surface area (Å²) < 4.78 is 6.58. The molecule has 0 unspecified atom stereocenters. The zero-order valence-electron chi connectivity index (χ0n) is 17.0. The van der Waals surface area contributed by atoms with Crippen molar-refractivity contribution >= 4 is 29.0 Å². The number of hydrogen-bond acceptors (Lipinski definition) is 5. The molecule has 0 atom stereocenters. The van der Waals surface area contributed by atoms with Crippen molar-refractivity contribution in [3.63, 3.8) is 0 Å². The van der Waals surface area contributed by atoms with Crippen LogP contribution in [-0.4, -0.2) is 29.1 Å². The summed E-state index contributed by atoms with van der Waals surface area (Å²) in [5.41, 5.74) is 5.08. The van der Waals surface area contributed by atoms with Gasteiger partial charge >= 0.3 is 5.69 Å². The van der Waals surface area contributed by atoms with Gasteiger partial charge in [-0.3, -0.25) is 19.1 Å². The van der Waals surface area contributed by atoms with Crippen LogP contribution in [0.25, 0.3) is 0 Å². The number of aromatic amines is 1. The zero-order chi connectivity index (χ0) is 21.6. The van der Waals surface area contributed by atoms with Gasteiger partial charge in [0.15, 0.2) is 5.69 Å². The number of amides is 1. The van der Waals surface area contributed by atoms with Crippen LogP contribution in [-0.2, 0) is 6.54 Å². The van der Waals surface area contributed by atoms with Crippen molar-refractivity contribution in [3.8, 4) is 5.75 Å². The SMILES string of the molecule is CCCCN(C(=O)c1cc(Cl)ccc1OC)c1c(N)n(CCCC)c(=O)[nH]c1=O. The van der Waals surface area contributed by atoms with E-state index in [1.165, 1.54) is 22.6 Å². The number of nitrogens with zero attached hydrogens (tertiary/aromatic N) is 2. The molecule has 1 aromatic carbocycles. The first-order valence-electron chi connectivity index (χ1n) is 9.63. The van der Waals surface area contributed by atoms with E-state index in [0.29, 0.717) is 30.2 Å². The Kier molecular flexibility index (Phi) is 7.90. The fourth-order valence-corrected chi connectivity index (χ4v) is 3.17. The van der Waals surface area contributed by atoms with E-state index in [0.717, 1.165) is 12.8 Å². The highest BCUT2D eigenvalue weighted by Gasteiger charge is 2.27. The molecule has 0 aliphatic rings. The maximum absolute atomic E-state index is 13.4. The first-order valence-corrected chi connectivity index (χ1v) is 10.0. The number of benzene rings is 1. The van der Waals surface area contributed by atoms with E-state index < -0.39 is 17.2 Å². The lowest BCUT2D eigenvalue weighted by Crippen LogP contribution is -2.41. The number of nitrogens with two attached hydrogens (primary N) is 1. The van der Waals surface area contributed by atoms with E-state index in [4.69, 9.17) is 22.1 Å². The summed E-state index contributed by atoms with van der Waals surface area (Å²) in [5, 5.41) is 0.361. The Hall–Kier alpha value is -2.74. The fraction of sp³-hybridized carbons (Fsp3) is 0.450. The van der Waals surface area contributed by atoms with Gasteiger partial charge in [0.1, 0.15) is 11.6 Å². The Morgan fingerprint density at radius 1 is 1.24 bits per heavy atom. The molecule has 9 heteroatoms. The number of halogens is 1. The van der Waals surface area contributed by atoms with E-state index in [9.17, 15) is 14.4 Å². The molecule has 0 spiro atoms. The lowest BCUT2D eigenvalue weighted by molar-refractivity contribution is 0.0983. The van der Waals surface area contributed by atoms with Gasteiger partial charge in [-0.25, -0.2) is 4.79 Å². The van der Waals surface area contributed by atoms with E-state index in [1.54, 1.807) is 12.1 Å². The third-order valence-corrected chi connectivity index (χ3v) is 4.83. The van der Waals surface area contributed by atoms with Crippen molar-refractivity contribution in [1.29, 1.82) is 0 Å². The number of hydrogen-bond donors (Lipinski definition) is 2. The van der Waals surface area contributed by atoms with Crippen molar-refractivity contribution in [1.82, 2.24) is 9.55 Å². The highest BCUT2D eigenvalue weighted by atomic mass is 35.5. The minimum atomic E-state index is -0.703. The quantitative estimate of drug-likeness (QED) is 0.645. The molecule has 29 heavy (non-hydrogen) atoms. The zero-order valence-corrected chi connectivity index (χ0v) is 17.7. The van der Waals surface area contributed by atoms with Crippen LogP contribution in [0, 0.1) is 0 Å². The van der Waals surface area contributed by atoms with Gasteiger partial charge in [-0.05, 0) is 31.0 Å². The van der Waals surface area contributed by atoms with Crippen molar-refractivity contribution in [2.75, 3.05) is 24.3 Å². The van der Waals surface area contributed by atoms with Crippen LogP contribution in [0.4, 0.5) is 11.5 Å². The van der Waals surface area contributed by atoms with Gasteiger partial charge in [0, 0.05) is 18.1 Å². The van der Waals surface area contributed by atoms with E-state index in [1.807, 2.05) is 13.8 Å². The minimum absolute atomic E-state index is 0.0300. The van der Waals surface area contributed by atoms with E-state index >= 15 is 0 Å². The second kappa shape index (κ2) is 10.2. The summed E-state index contributed by atoms with van der Waals surface area (Å²) in [7, 11) is 1.45. The van der Waals surface area contributed by atoms with Crippen LogP contribution in [0.2, 0.25) is 5.02 Å². The molecule has 2 aromatic rings. The maximum Gasteiger partial charge on any atom is 0.330 e. The first-order chi connectivity index (χ1) is 13.8. The topological polar surface area (TPSA) is 110 Å². The highest BCUT2D eigenvalue weighted by Crippen LogP contribution is 2.27. The van der Waals surface area contributed by atoms with Crippen LogP contribution >= 0.6 is 11.6 Å². The molecular weight excluding hydrogens is 396 g/mol. The number of carbonyl (C=O) groups excluding carboxylic acids is 1. The van der Waals surface area contributed by atoms with E-state index in [-0.39, 0.29) is 23.6 Å². The van der Waals surface area contributed by atoms with Crippen LogP contribution in [0.1, 0.15) is 49.9 Å². The Labute approximate surface area is 174 Å². The van der Waals surface area contributed by atoms with Gasteiger partial charge in [-0.1, -0.05) is 38.3 Å². The van der Waals surface area contributed by atoms with Crippen molar-refractivity contribution < 1.29 is 9.53 Å². The molecule has 3 N–H and O–H groups in total. The number of unbranched alkanes of at least 4 members (excludes halogenated alkanes) is 2. The van der Waals surface area contributed by atoms with Crippen molar-refractivity contribution in [2.45, 2.75) is 46.1 Å². The smallest absolute Gasteiger partial charge is 0.330 e. The molecule has 2 rings (SSSR count). The molecule has 158 valence electrons. The van der Waals surface area contributed by atoms with Gasteiger partial charge in [-0.2, -0.15) is 0 Å². The third kappa shape index (κ3) is 5.00. The molecule has 0 saturated heterocycles. The number of nitrogen functional groups attached to an aromatic ring is 1. The molecule has 0 aliphatic carbocycles. The lowest BCUT2D eigenvalue weighted by Gasteiger charge is -2.25. The molecule has 0 aliphatic heterocycles. The van der Waals surface area contributed by atoms with Gasteiger partial charge in [-0.15, -0.1) is 0 Å². The molecule has 8 nitrogen and oxygen atoms in total. The average molecular weight is 423 g/mol. The summed E-state index contributed by atoms with van der Waals surface area (Å²) in [6, 6.07) is 4.68. The summed E-state index contributed by atoms with van der Waals surface area (Å²) >= 11 is 6.07. The Morgan fingerprint density at radius 3 is 2.55 bits per heavy atom. The van der Waals surface area contributed by atoms with Crippen molar-refractivity contribution in [2.24, 2.45) is 0 Å². The highest BCUT2D eigenvalue weighted by molar-refractivity contribution is 6.31. The standard InChI is InChI=1S/C20H27ClN4O4/c1-4-6-10-24(19(27)14-12-13(21)8-9-15(14)29-3)16-17(22)25(11-7-5-2)20(28)23-18(16)26/h8-9,12H,4-7,10-11,22H2,1-3H3,(H,23,26,28). The van der Waals surface area contributed by atoms with Crippen LogP contribution in [0.3, 0.4) is 0 Å². The molecule has 1 aromatic heterocycles. The number of anilines is 2. The van der Waals surface area contributed by atoms with E-state index in [2.05, 4.69) is 4.98 Å². The Balaban J connectivity index is 2.65. The van der Waals surface area contributed by atoms with Gasteiger partial charge in [0.25, 0.3) is 11.5 Å². The summed E-state index contributed by atoms with van der Waals surface area (Å²) in [6.45, 7) is 4.56. The third-order valence-electron chi connectivity index (χ3n) is 4.59. The number of ether oxygens (including phenoxy) is 1. The number of methoxy groups -OCH3 is 1. The van der Waals surface area contributed by atoms with Gasteiger partial charge in [0.2, 0.25) is 0 Å². The molecule has 1 amide bonds. The monoisotopic (exact) mass is 422 g/mol. The maximum atomic E-state index is 13.4. The predicted octanol–water partition coefficient (Wildman–Crippen LogP) is 3.03. The number of aromatic nitrogens is 2. The molecular formula is C20H27ClN4O4. The normalized spacial score (nSPS) is 10.8. The largest absolute Gasteiger partial charge is 0.496 e. The van der Waals surface area contributed by atoms with Gasteiger partial charge in [0.05, 0.1) is 12.7 Å². The molecule has 0 saturated carbocycles. The van der Waals surface area contributed by atoms with Crippen molar-refractivity contribution in [3.05, 3.63) is 49.6 Å². The average Bonchev–Trinajstić information content (AvgIpc) is 2.69. The minimum Gasteiger partial charge on any atom is -0.496 e. The Morgan fingerprint density at radius 2 is 1.93 bits per heavy atom. The second-order valence-electron chi connectivity index (χ2n) is 6.65. The number of nitrogens with one attached hydrogen (secondary N) is 1. The number of carbonyl (C=O) groups is 1. The predicted molar refractivity (Wildman–Crippen MR) is 115 cm³/mol. The molecule has 0 radical (unpaired) electrons. The number of H-pyrrole nitrogens is 1. The summed E-state index contributed by atoms with van der Waals surface area (Å²) in [6.07, 6.45) is 2.99. The van der Waals surface area contributed by atoms with Gasteiger partial charge < -0.3 is 15.4 Å². The lowest BCUT2D eigenvalue weighted by atomic mass is 10.1. The van der Waals surface area contributed by atoms with Crippen LogP contribution in [0.15, 0.2) is 27.8 Å². The summed E-state index contributed by atoms with van der Waals surface area (Å²) in [4.78, 5) is 41.8.